The van der Waals surface area contributed by atoms with Crippen LogP contribution in [0, 0.1) is 0 Å². The molecule has 0 fully saturated rings. The van der Waals surface area contributed by atoms with Crippen LogP contribution in [0.2, 0.25) is 0 Å². The Bertz CT molecular complexity index is 1180. The zero-order chi connectivity index (χ0) is 23.3. The summed E-state index contributed by atoms with van der Waals surface area (Å²) in [5, 5.41) is 4.48. The van der Waals surface area contributed by atoms with Crippen molar-refractivity contribution in [2.45, 2.75) is 30.9 Å². The van der Waals surface area contributed by atoms with Crippen LogP contribution < -0.4 is 20.9 Å². The fraction of sp³-hybridized carbons (Fsp3) is 0.238. The fourth-order valence-electron chi connectivity index (χ4n) is 2.83. The number of benzene rings is 2. The van der Waals surface area contributed by atoms with Crippen molar-refractivity contribution in [3.63, 3.8) is 0 Å². The molecule has 3 rings (SSSR count). The molecule has 0 bridgehead atoms. The van der Waals surface area contributed by atoms with Gasteiger partial charge in [0.05, 0.1) is 21.8 Å². The predicted octanol–water partition coefficient (Wildman–Crippen LogP) is 3.31. The second-order valence-corrected chi connectivity index (χ2v) is 7.84. The number of hydrogen-bond acceptors (Lipinski definition) is 6. The maximum absolute atomic E-state index is 13.2. The number of ether oxygens (including phenoxy) is 1. The summed E-state index contributed by atoms with van der Waals surface area (Å²) in [5.74, 6) is -0.620. The summed E-state index contributed by atoms with van der Waals surface area (Å²) in [4.78, 5) is 41.8. The maximum atomic E-state index is 13.2. The molecule has 2 N–H and O–H groups in total. The normalized spacial score (nSPS) is 11.9. The Hall–Kier alpha value is -3.47. The van der Waals surface area contributed by atoms with Gasteiger partial charge in [0.2, 0.25) is 5.91 Å². The highest BCUT2D eigenvalue weighted by Crippen LogP contribution is 2.26. The topological polar surface area (TPSA) is 102 Å². The van der Waals surface area contributed by atoms with E-state index in [0.717, 1.165) is 11.8 Å². The van der Waals surface area contributed by atoms with E-state index < -0.39 is 29.4 Å². The number of carbonyl (C=O) groups excluding carboxylic acids is 2. The summed E-state index contributed by atoms with van der Waals surface area (Å²) in [6.45, 7) is 0.681. The van der Waals surface area contributed by atoms with Crippen LogP contribution in [0.3, 0.4) is 0 Å². The summed E-state index contributed by atoms with van der Waals surface area (Å²) in [6.07, 6.45) is 0. The second kappa shape index (κ2) is 10.2. The van der Waals surface area contributed by atoms with Crippen molar-refractivity contribution in [1.29, 1.82) is 0 Å². The number of thioether (sulfide) groups is 1. The van der Waals surface area contributed by atoms with Crippen molar-refractivity contribution in [2.24, 2.45) is 0 Å². The molecule has 3 aromatic rings. The first kappa shape index (κ1) is 23.2. The average molecular weight is 462 g/mol. The third kappa shape index (κ3) is 5.41. The second-order valence-electron chi connectivity index (χ2n) is 6.53. The van der Waals surface area contributed by atoms with E-state index >= 15 is 0 Å². The van der Waals surface area contributed by atoms with E-state index in [2.05, 4.69) is 20.4 Å². The zero-order valence-corrected chi connectivity index (χ0v) is 18.0. The molecule has 0 unspecified atom stereocenters. The van der Waals surface area contributed by atoms with Gasteiger partial charge in [-0.05, 0) is 50.2 Å². The van der Waals surface area contributed by atoms with E-state index in [1.807, 2.05) is 0 Å². The van der Waals surface area contributed by atoms with Crippen molar-refractivity contribution in [1.82, 2.24) is 20.2 Å². The number of alkyl halides is 2. The number of nitrogens with one attached hydrogen (secondary N) is 2. The minimum absolute atomic E-state index is 0.0607. The lowest BCUT2D eigenvalue weighted by atomic mass is 10.2. The molecule has 168 valence electrons. The first-order valence-electron chi connectivity index (χ1n) is 9.62. The van der Waals surface area contributed by atoms with Crippen LogP contribution >= 0.6 is 11.8 Å². The van der Waals surface area contributed by atoms with Gasteiger partial charge in [-0.15, -0.1) is 0 Å². The molecule has 0 radical (unpaired) electrons. The van der Waals surface area contributed by atoms with Crippen LogP contribution in [0.15, 0.2) is 58.5 Å². The van der Waals surface area contributed by atoms with Gasteiger partial charge in [-0.2, -0.15) is 8.78 Å². The first-order chi connectivity index (χ1) is 15.3. The molecule has 0 aliphatic rings. The molecule has 0 saturated heterocycles. The van der Waals surface area contributed by atoms with Crippen LogP contribution in [-0.4, -0.2) is 39.9 Å². The van der Waals surface area contributed by atoms with Gasteiger partial charge in [0.25, 0.3) is 5.56 Å². The number of para-hydroxylation sites is 1. The largest absolute Gasteiger partial charge is 0.435 e. The number of aromatic nitrogens is 2. The van der Waals surface area contributed by atoms with Crippen molar-refractivity contribution >= 4 is 34.6 Å². The number of imide groups is 1. The van der Waals surface area contributed by atoms with Gasteiger partial charge in [0.15, 0.2) is 5.16 Å². The molecule has 0 aliphatic carbocycles. The molecular formula is C21H20F2N4O4S. The molecule has 1 heterocycles. The Balaban J connectivity index is 2.00. The third-order valence-electron chi connectivity index (χ3n) is 4.29. The minimum Gasteiger partial charge on any atom is -0.435 e. The van der Waals surface area contributed by atoms with Crippen molar-refractivity contribution in [2.75, 3.05) is 6.54 Å². The lowest BCUT2D eigenvalue weighted by molar-refractivity contribution is -0.119. The molecule has 32 heavy (non-hydrogen) atoms. The van der Waals surface area contributed by atoms with Crippen LogP contribution in [0.4, 0.5) is 13.6 Å². The highest BCUT2D eigenvalue weighted by atomic mass is 32.2. The van der Waals surface area contributed by atoms with Crippen molar-refractivity contribution in [3.8, 4) is 11.4 Å². The molecule has 1 aromatic heterocycles. The van der Waals surface area contributed by atoms with E-state index in [1.165, 1.54) is 28.8 Å². The van der Waals surface area contributed by atoms with Gasteiger partial charge < -0.3 is 10.1 Å². The number of carbonyl (C=O) groups is 2. The number of halogens is 2. The summed E-state index contributed by atoms with van der Waals surface area (Å²) in [5.41, 5.74) is 0.399. The molecule has 0 aliphatic heterocycles. The Morgan fingerprint density at radius 3 is 2.50 bits per heavy atom. The number of amides is 3. The van der Waals surface area contributed by atoms with E-state index in [0.29, 0.717) is 23.1 Å². The number of urea groups is 1. The molecule has 1 atom stereocenters. The van der Waals surface area contributed by atoms with Gasteiger partial charge in [-0.3, -0.25) is 19.5 Å². The van der Waals surface area contributed by atoms with E-state index in [-0.39, 0.29) is 10.9 Å². The number of rotatable bonds is 7. The van der Waals surface area contributed by atoms with Crippen LogP contribution in [0.25, 0.3) is 16.6 Å². The Morgan fingerprint density at radius 2 is 1.84 bits per heavy atom. The molecule has 2 aromatic carbocycles. The lowest BCUT2D eigenvalue weighted by Gasteiger charge is -2.16. The van der Waals surface area contributed by atoms with Crippen molar-refractivity contribution in [3.05, 3.63) is 58.9 Å². The van der Waals surface area contributed by atoms with Gasteiger partial charge >= 0.3 is 12.6 Å². The number of hydrogen-bond donors (Lipinski definition) is 2. The molecule has 3 amide bonds. The molecule has 11 heteroatoms. The number of fused-ring (bicyclic) bond motifs is 1. The predicted molar refractivity (Wildman–Crippen MR) is 117 cm³/mol. The average Bonchev–Trinajstić information content (AvgIpc) is 2.74. The maximum Gasteiger partial charge on any atom is 0.387 e. The van der Waals surface area contributed by atoms with E-state index in [9.17, 15) is 23.2 Å². The molecule has 0 saturated carbocycles. The monoisotopic (exact) mass is 462 g/mol. The van der Waals surface area contributed by atoms with Crippen molar-refractivity contribution < 1.29 is 23.1 Å². The standard InChI is InChI=1S/C21H20F2N4O4S/c1-3-24-20(30)26-17(28)12(2)32-21-25-16-7-5-4-6-15(16)18(29)27(21)13-8-10-14(11-9-13)31-19(22)23/h4-12,19H,3H2,1-2H3,(H2,24,26,28,30)/t12-/m0/s1. The van der Waals surface area contributed by atoms with Crippen LogP contribution in [-0.2, 0) is 4.79 Å². The highest BCUT2D eigenvalue weighted by molar-refractivity contribution is 8.00. The zero-order valence-electron chi connectivity index (χ0n) is 17.2. The summed E-state index contributed by atoms with van der Waals surface area (Å²) in [7, 11) is 0. The van der Waals surface area contributed by atoms with Crippen LogP contribution in [0.5, 0.6) is 5.75 Å². The fourth-order valence-corrected chi connectivity index (χ4v) is 3.75. The van der Waals surface area contributed by atoms with E-state index in [4.69, 9.17) is 0 Å². The minimum atomic E-state index is -2.97. The summed E-state index contributed by atoms with van der Waals surface area (Å²) >= 11 is 0.986. The lowest BCUT2D eigenvalue weighted by Crippen LogP contribution is -2.42. The Morgan fingerprint density at radius 1 is 1.16 bits per heavy atom. The van der Waals surface area contributed by atoms with Gasteiger partial charge in [-0.25, -0.2) is 9.78 Å². The highest BCUT2D eigenvalue weighted by Gasteiger charge is 2.21. The molecule has 8 nitrogen and oxygen atoms in total. The van der Waals surface area contributed by atoms with Gasteiger partial charge in [0.1, 0.15) is 5.75 Å². The summed E-state index contributed by atoms with van der Waals surface area (Å²) in [6, 6.07) is 11.6. The Labute approximate surface area is 186 Å². The smallest absolute Gasteiger partial charge is 0.387 e. The van der Waals surface area contributed by atoms with Crippen LogP contribution in [0.1, 0.15) is 13.8 Å². The third-order valence-corrected chi connectivity index (χ3v) is 5.34. The SMILES string of the molecule is CCNC(=O)NC(=O)[C@H](C)Sc1nc2ccccc2c(=O)n1-c1ccc(OC(F)F)cc1. The van der Waals surface area contributed by atoms with E-state index in [1.54, 1.807) is 38.1 Å². The molecule has 0 spiro atoms. The van der Waals surface area contributed by atoms with Gasteiger partial charge in [0, 0.05) is 6.54 Å². The first-order valence-corrected chi connectivity index (χ1v) is 10.5. The van der Waals surface area contributed by atoms with Gasteiger partial charge in [-0.1, -0.05) is 23.9 Å². The molecular weight excluding hydrogens is 442 g/mol. The quantitative estimate of drug-likeness (QED) is 0.413. The number of nitrogens with zero attached hydrogens (tertiary/aromatic N) is 2. The Kier molecular flexibility index (Phi) is 7.41. The summed E-state index contributed by atoms with van der Waals surface area (Å²) < 4.78 is 30.5.